The third-order valence-corrected chi connectivity index (χ3v) is 4.65. The van der Waals surface area contributed by atoms with Gasteiger partial charge in [0.05, 0.1) is 0 Å². The first-order valence-corrected chi connectivity index (χ1v) is 9.65. The third kappa shape index (κ3) is 7.77. The Kier molecular flexibility index (Phi) is 11.1. The fourth-order valence-corrected chi connectivity index (χ4v) is 3.31. The molecule has 0 radical (unpaired) electrons. The Labute approximate surface area is 174 Å². The van der Waals surface area contributed by atoms with Crippen LogP contribution in [0.25, 0.3) is 0 Å². The van der Waals surface area contributed by atoms with Crippen molar-refractivity contribution in [2.75, 3.05) is 26.2 Å². The highest BCUT2D eigenvalue weighted by molar-refractivity contribution is 14.0. The smallest absolute Gasteiger partial charge is 0.223 e. The molecule has 150 valence electrons. The van der Waals surface area contributed by atoms with E-state index >= 15 is 0 Å². The molecule has 7 nitrogen and oxygen atoms in total. The van der Waals surface area contributed by atoms with Gasteiger partial charge in [-0.05, 0) is 38.8 Å². The van der Waals surface area contributed by atoms with E-state index in [0.717, 1.165) is 19.0 Å². The van der Waals surface area contributed by atoms with Crippen molar-refractivity contribution >= 4 is 29.9 Å². The summed E-state index contributed by atoms with van der Waals surface area (Å²) in [6, 6.07) is 0.523. The van der Waals surface area contributed by atoms with Gasteiger partial charge in [-0.1, -0.05) is 31.8 Å². The normalized spacial score (nSPS) is 17.5. The summed E-state index contributed by atoms with van der Waals surface area (Å²) in [4.78, 5) is 11.4. The lowest BCUT2D eigenvalue weighted by Crippen LogP contribution is -2.49. The van der Waals surface area contributed by atoms with E-state index in [-0.39, 0.29) is 24.0 Å². The molecule has 1 atom stereocenters. The van der Waals surface area contributed by atoms with Crippen LogP contribution in [0.4, 0.5) is 0 Å². The van der Waals surface area contributed by atoms with Crippen LogP contribution < -0.4 is 10.6 Å². The second-order valence-electron chi connectivity index (χ2n) is 7.07. The van der Waals surface area contributed by atoms with Gasteiger partial charge in [0.2, 0.25) is 5.89 Å². The van der Waals surface area contributed by atoms with E-state index in [4.69, 9.17) is 4.52 Å². The lowest BCUT2D eigenvalue weighted by molar-refractivity contribution is 0.161. The summed E-state index contributed by atoms with van der Waals surface area (Å²) in [7, 11) is 0. The van der Waals surface area contributed by atoms with Crippen molar-refractivity contribution in [2.45, 2.75) is 66.0 Å². The van der Waals surface area contributed by atoms with Gasteiger partial charge in [0.15, 0.2) is 11.8 Å². The molecule has 0 amide bonds. The van der Waals surface area contributed by atoms with E-state index in [9.17, 15) is 0 Å². The third-order valence-electron chi connectivity index (χ3n) is 4.65. The number of hydrogen-bond acceptors (Lipinski definition) is 5. The van der Waals surface area contributed by atoms with Crippen molar-refractivity contribution in [3.05, 3.63) is 11.7 Å². The van der Waals surface area contributed by atoms with Gasteiger partial charge in [-0.2, -0.15) is 4.98 Å². The van der Waals surface area contributed by atoms with Crippen LogP contribution in [0.1, 0.15) is 58.2 Å². The van der Waals surface area contributed by atoms with Crippen LogP contribution >= 0.6 is 24.0 Å². The van der Waals surface area contributed by atoms with E-state index in [2.05, 4.69) is 51.4 Å². The maximum absolute atomic E-state index is 5.00. The highest BCUT2D eigenvalue weighted by Gasteiger charge is 2.22. The predicted octanol–water partition coefficient (Wildman–Crippen LogP) is 2.95. The summed E-state index contributed by atoms with van der Waals surface area (Å²) in [5, 5.41) is 10.7. The number of nitrogens with one attached hydrogen (secondary N) is 2. The molecule has 1 saturated heterocycles. The summed E-state index contributed by atoms with van der Waals surface area (Å²) < 4.78 is 5.00. The predicted molar refractivity (Wildman–Crippen MR) is 116 cm³/mol. The van der Waals surface area contributed by atoms with Gasteiger partial charge in [-0.25, -0.2) is 4.99 Å². The van der Waals surface area contributed by atoms with E-state index in [1.54, 1.807) is 6.92 Å². The first-order valence-electron chi connectivity index (χ1n) is 9.65. The van der Waals surface area contributed by atoms with Crippen molar-refractivity contribution in [2.24, 2.45) is 10.9 Å². The number of guanidine groups is 1. The summed E-state index contributed by atoms with van der Waals surface area (Å²) in [6.45, 7) is 13.0. The van der Waals surface area contributed by atoms with Crippen LogP contribution in [-0.2, 0) is 6.54 Å². The Bertz CT molecular complexity index is 526. The number of hydrogen-bond donors (Lipinski definition) is 2. The summed E-state index contributed by atoms with van der Waals surface area (Å²) in [5.41, 5.74) is 0. The molecule has 1 aliphatic heterocycles. The zero-order valence-corrected chi connectivity index (χ0v) is 19.0. The van der Waals surface area contributed by atoms with Crippen molar-refractivity contribution in [3.63, 3.8) is 0 Å². The maximum Gasteiger partial charge on any atom is 0.223 e. The molecule has 8 heteroatoms. The Balaban J connectivity index is 0.00000338. The van der Waals surface area contributed by atoms with Crippen molar-refractivity contribution in [1.82, 2.24) is 25.7 Å². The Morgan fingerprint density at radius 2 is 1.88 bits per heavy atom. The lowest BCUT2D eigenvalue weighted by Gasteiger charge is -2.34. The number of nitrogens with zero attached hydrogens (tertiary/aromatic N) is 4. The average Bonchev–Trinajstić information content (AvgIpc) is 2.83. The molecule has 26 heavy (non-hydrogen) atoms. The molecule has 1 aliphatic rings. The van der Waals surface area contributed by atoms with E-state index in [1.807, 2.05) is 0 Å². The van der Waals surface area contributed by atoms with Crippen molar-refractivity contribution in [1.29, 1.82) is 0 Å². The molecule has 1 unspecified atom stereocenters. The summed E-state index contributed by atoms with van der Waals surface area (Å²) >= 11 is 0. The SMILES string of the molecule is CCNC(=NCc1noc(C)n1)NCC(C(C)C)N1CCCCCC1.I. The summed E-state index contributed by atoms with van der Waals surface area (Å²) in [5.74, 6) is 2.60. The number of aliphatic imine (C=N–C) groups is 1. The molecule has 1 aromatic heterocycles. The lowest BCUT2D eigenvalue weighted by atomic mass is 10.0. The van der Waals surface area contributed by atoms with Gasteiger partial charge < -0.3 is 15.2 Å². The molecule has 1 aromatic rings. The first-order chi connectivity index (χ1) is 12.1. The molecule has 0 aliphatic carbocycles. The molecule has 0 spiro atoms. The van der Waals surface area contributed by atoms with Gasteiger partial charge in [-0.15, -0.1) is 24.0 Å². The molecular weight excluding hydrogens is 443 g/mol. The topological polar surface area (TPSA) is 78.6 Å². The van der Waals surface area contributed by atoms with Crippen LogP contribution in [0.15, 0.2) is 9.52 Å². The minimum absolute atomic E-state index is 0. The molecule has 0 bridgehead atoms. The fraction of sp³-hybridized carbons (Fsp3) is 0.833. The molecule has 0 aromatic carbocycles. The summed E-state index contributed by atoms with van der Waals surface area (Å²) in [6.07, 6.45) is 5.36. The van der Waals surface area contributed by atoms with E-state index in [0.29, 0.717) is 30.2 Å². The Hall–Kier alpha value is -0.900. The van der Waals surface area contributed by atoms with Crippen molar-refractivity contribution in [3.8, 4) is 0 Å². The highest BCUT2D eigenvalue weighted by atomic mass is 127. The number of aryl methyl sites for hydroxylation is 1. The van der Waals surface area contributed by atoms with Crippen LogP contribution in [0.3, 0.4) is 0 Å². The zero-order valence-electron chi connectivity index (χ0n) is 16.6. The molecule has 2 N–H and O–H groups in total. The first kappa shape index (κ1) is 23.1. The fourth-order valence-electron chi connectivity index (χ4n) is 3.31. The molecular formula is C18H35IN6O. The molecule has 1 fully saturated rings. The van der Waals surface area contributed by atoms with Crippen molar-refractivity contribution < 1.29 is 4.52 Å². The zero-order chi connectivity index (χ0) is 18.1. The Morgan fingerprint density at radius 1 is 1.19 bits per heavy atom. The maximum atomic E-state index is 5.00. The second-order valence-corrected chi connectivity index (χ2v) is 7.07. The van der Waals surface area contributed by atoms with Gasteiger partial charge in [0.1, 0.15) is 6.54 Å². The molecule has 0 saturated carbocycles. The monoisotopic (exact) mass is 478 g/mol. The van der Waals surface area contributed by atoms with Crippen LogP contribution in [0, 0.1) is 12.8 Å². The Morgan fingerprint density at radius 3 is 2.42 bits per heavy atom. The minimum Gasteiger partial charge on any atom is -0.357 e. The van der Waals surface area contributed by atoms with Gasteiger partial charge >= 0.3 is 0 Å². The minimum atomic E-state index is 0. The van der Waals surface area contributed by atoms with Gasteiger partial charge in [-0.3, -0.25) is 4.90 Å². The molecule has 2 heterocycles. The van der Waals surface area contributed by atoms with E-state index < -0.39 is 0 Å². The number of aromatic nitrogens is 2. The van der Waals surface area contributed by atoms with Crippen LogP contribution in [0.5, 0.6) is 0 Å². The quantitative estimate of drug-likeness (QED) is 0.357. The number of rotatable bonds is 7. The standard InChI is InChI=1S/C18H34N6O.HI/c1-5-19-18(21-13-17-22-15(4)25-23-17)20-12-16(14(2)3)24-10-8-6-7-9-11-24;/h14,16H,5-13H2,1-4H3,(H2,19,20,21);1H. The van der Waals surface area contributed by atoms with E-state index in [1.165, 1.54) is 38.8 Å². The van der Waals surface area contributed by atoms with Gasteiger partial charge in [0, 0.05) is 26.1 Å². The number of likely N-dealkylation sites (tertiary alicyclic amines) is 1. The second kappa shape index (κ2) is 12.5. The van der Waals surface area contributed by atoms with Gasteiger partial charge in [0.25, 0.3) is 0 Å². The largest absolute Gasteiger partial charge is 0.357 e. The molecule has 2 rings (SSSR count). The van der Waals surface area contributed by atoms with Crippen LogP contribution in [-0.4, -0.2) is 53.2 Å². The highest BCUT2D eigenvalue weighted by Crippen LogP contribution is 2.17. The average molecular weight is 478 g/mol. The number of halogens is 1. The van der Waals surface area contributed by atoms with Crippen LogP contribution in [0.2, 0.25) is 0 Å².